The lowest BCUT2D eigenvalue weighted by atomic mass is 9.51. The van der Waals surface area contributed by atoms with E-state index in [0.717, 1.165) is 0 Å². The zero-order chi connectivity index (χ0) is 27.1. The van der Waals surface area contributed by atoms with Gasteiger partial charge in [-0.05, 0) is 56.0 Å². The van der Waals surface area contributed by atoms with Crippen molar-refractivity contribution in [2.75, 3.05) is 4.90 Å². The molecule has 2 aliphatic carbocycles. The average Bonchev–Trinajstić information content (AvgIpc) is 3.26. The van der Waals surface area contributed by atoms with Gasteiger partial charge in [-0.3, -0.25) is 19.2 Å². The highest BCUT2D eigenvalue weighted by Gasteiger charge is 2.68. The predicted octanol–water partition coefficient (Wildman–Crippen LogP) is 3.36. The Morgan fingerprint density at radius 1 is 1.03 bits per heavy atom. The minimum absolute atomic E-state index is 0.103. The number of rotatable bonds is 2. The van der Waals surface area contributed by atoms with Crippen LogP contribution in [0.5, 0.6) is 5.75 Å². The fraction of sp³-hybridized carbons (Fsp3) is 0.321. The molecule has 6 atom stereocenters. The molecule has 9 nitrogen and oxygen atoms in total. The standard InChI is InChI=1S/C28H24ClN3O6/c1-28-19(24(35)31(26(28)37)14-5-3-2-4-6-14)12-17-15(22(28)18-11-13(29)7-10-20(18)33)8-9-16-21(17)25(36)32(23(16)34)27(30)38/h2-8,10-11,16-17,19,21-22,33H,9,12H2,1H3,(H2,30,38)/t16-,17+,19-,21-,22+,28+/m0/s1. The molecular weight excluding hydrogens is 510 g/mol. The van der Waals surface area contributed by atoms with Crippen LogP contribution in [0.15, 0.2) is 60.2 Å². The van der Waals surface area contributed by atoms with Crippen LogP contribution in [-0.4, -0.2) is 39.7 Å². The summed E-state index contributed by atoms with van der Waals surface area (Å²) >= 11 is 6.32. The third-order valence-electron chi connectivity index (χ3n) is 8.81. The van der Waals surface area contributed by atoms with Crippen LogP contribution in [0.1, 0.15) is 31.2 Å². The van der Waals surface area contributed by atoms with Crippen molar-refractivity contribution in [1.82, 2.24) is 4.90 Å². The molecule has 2 heterocycles. The van der Waals surface area contributed by atoms with Crippen LogP contribution in [-0.2, 0) is 19.2 Å². The Balaban J connectivity index is 1.55. The molecule has 0 radical (unpaired) electrons. The third kappa shape index (κ3) is 3.08. The second-order valence-electron chi connectivity index (χ2n) is 10.6. The summed E-state index contributed by atoms with van der Waals surface area (Å²) in [6, 6.07) is 12.0. The van der Waals surface area contributed by atoms with Gasteiger partial charge in [0.2, 0.25) is 23.6 Å². The molecule has 6 rings (SSSR count). The van der Waals surface area contributed by atoms with Crippen molar-refractivity contribution < 1.29 is 29.1 Å². The highest BCUT2D eigenvalue weighted by molar-refractivity contribution is 6.30. The smallest absolute Gasteiger partial charge is 0.328 e. The summed E-state index contributed by atoms with van der Waals surface area (Å²) in [4.78, 5) is 68.0. The first-order valence-corrected chi connectivity index (χ1v) is 12.7. The highest BCUT2D eigenvalue weighted by Crippen LogP contribution is 2.64. The number of nitrogens with two attached hydrogens (primary N) is 1. The number of phenolic OH excluding ortho intramolecular Hbond substituents is 1. The number of anilines is 1. The molecule has 10 heteroatoms. The molecular formula is C28H24ClN3O6. The van der Waals surface area contributed by atoms with E-state index in [1.807, 2.05) is 6.08 Å². The minimum atomic E-state index is -1.31. The number of imide groups is 4. The summed E-state index contributed by atoms with van der Waals surface area (Å²) < 4.78 is 0. The number of fused-ring (bicyclic) bond motifs is 4. The van der Waals surface area contributed by atoms with E-state index in [-0.39, 0.29) is 18.6 Å². The molecule has 0 unspecified atom stereocenters. The van der Waals surface area contributed by atoms with E-state index >= 15 is 0 Å². The second kappa shape index (κ2) is 8.26. The predicted molar refractivity (Wildman–Crippen MR) is 136 cm³/mol. The quantitative estimate of drug-likeness (QED) is 0.448. The number of hydrogen-bond acceptors (Lipinski definition) is 6. The molecule has 2 aromatic carbocycles. The van der Waals surface area contributed by atoms with E-state index in [4.69, 9.17) is 17.3 Å². The van der Waals surface area contributed by atoms with Gasteiger partial charge in [0.1, 0.15) is 5.75 Å². The number of urea groups is 1. The van der Waals surface area contributed by atoms with Gasteiger partial charge in [-0.15, -0.1) is 0 Å². The summed E-state index contributed by atoms with van der Waals surface area (Å²) in [5, 5.41) is 11.3. The first-order chi connectivity index (χ1) is 18.1. The van der Waals surface area contributed by atoms with Gasteiger partial charge in [-0.1, -0.05) is 41.4 Å². The highest BCUT2D eigenvalue weighted by atomic mass is 35.5. The van der Waals surface area contributed by atoms with Crippen molar-refractivity contribution in [1.29, 1.82) is 0 Å². The van der Waals surface area contributed by atoms with Gasteiger partial charge in [-0.25, -0.2) is 9.69 Å². The zero-order valence-corrected chi connectivity index (χ0v) is 21.1. The third-order valence-corrected chi connectivity index (χ3v) is 9.05. The summed E-state index contributed by atoms with van der Waals surface area (Å²) in [5.74, 6) is -6.27. The number of para-hydroxylation sites is 1. The van der Waals surface area contributed by atoms with E-state index in [1.165, 1.54) is 17.0 Å². The molecule has 4 aliphatic rings. The lowest BCUT2D eigenvalue weighted by Crippen LogP contribution is -2.49. The number of phenols is 1. The van der Waals surface area contributed by atoms with Crippen molar-refractivity contribution in [3.63, 3.8) is 0 Å². The van der Waals surface area contributed by atoms with Crippen molar-refractivity contribution in [3.8, 4) is 5.75 Å². The van der Waals surface area contributed by atoms with Crippen molar-refractivity contribution in [2.45, 2.75) is 25.7 Å². The SMILES string of the molecule is C[C@@]12C(=O)N(c3ccccc3)C(=O)[C@@H]1C[C@@H]1C(=CC[C@@H]3C(=O)N(C(N)=O)C(=O)[C@@H]31)[C@@H]2c1cc(Cl)ccc1O. The van der Waals surface area contributed by atoms with Crippen molar-refractivity contribution >= 4 is 46.9 Å². The Kier molecular flexibility index (Phi) is 5.30. The van der Waals surface area contributed by atoms with E-state index in [0.29, 0.717) is 26.7 Å². The monoisotopic (exact) mass is 533 g/mol. The van der Waals surface area contributed by atoms with Crippen LogP contribution in [0.4, 0.5) is 10.5 Å². The lowest BCUT2D eigenvalue weighted by Gasteiger charge is -2.49. The molecule has 2 aromatic rings. The molecule has 1 saturated carbocycles. The van der Waals surface area contributed by atoms with Gasteiger partial charge in [-0.2, -0.15) is 4.90 Å². The number of likely N-dealkylation sites (tertiary alicyclic amines) is 1. The normalized spacial score (nSPS) is 32.2. The Hall–Kier alpha value is -3.98. The molecule has 3 N–H and O–H groups in total. The number of carbonyl (C=O) groups excluding carboxylic acids is 5. The van der Waals surface area contributed by atoms with Crippen LogP contribution >= 0.6 is 11.6 Å². The summed E-state index contributed by atoms with van der Waals surface area (Å²) in [7, 11) is 0. The Labute approximate surface area is 222 Å². The maximum Gasteiger partial charge on any atom is 0.328 e. The van der Waals surface area contributed by atoms with Gasteiger partial charge in [0.25, 0.3) is 0 Å². The topological polar surface area (TPSA) is 138 Å². The van der Waals surface area contributed by atoms with Crippen LogP contribution in [0.3, 0.4) is 0 Å². The average molecular weight is 534 g/mol. The molecule has 3 fully saturated rings. The number of carbonyl (C=O) groups is 5. The number of primary amides is 1. The van der Waals surface area contributed by atoms with Gasteiger partial charge < -0.3 is 10.8 Å². The second-order valence-corrected chi connectivity index (χ2v) is 11.0. The molecule has 0 aromatic heterocycles. The van der Waals surface area contributed by atoms with E-state index in [1.54, 1.807) is 43.3 Å². The molecule has 6 amide bonds. The number of halogens is 1. The fourth-order valence-electron chi connectivity index (χ4n) is 7.16. The van der Waals surface area contributed by atoms with Gasteiger partial charge in [0.15, 0.2) is 0 Å². The largest absolute Gasteiger partial charge is 0.508 e. The van der Waals surface area contributed by atoms with Crippen LogP contribution < -0.4 is 10.6 Å². The van der Waals surface area contributed by atoms with E-state index in [2.05, 4.69) is 0 Å². The first kappa shape index (κ1) is 24.4. The summed E-state index contributed by atoms with van der Waals surface area (Å²) in [6.07, 6.45) is 2.10. The number of benzene rings is 2. The van der Waals surface area contributed by atoms with Crippen molar-refractivity contribution in [3.05, 3.63) is 70.8 Å². The van der Waals surface area contributed by atoms with Crippen LogP contribution in [0, 0.1) is 29.1 Å². The Morgan fingerprint density at radius 3 is 2.42 bits per heavy atom. The first-order valence-electron chi connectivity index (χ1n) is 12.4. The zero-order valence-electron chi connectivity index (χ0n) is 20.3. The maximum atomic E-state index is 14.2. The Morgan fingerprint density at radius 2 is 1.74 bits per heavy atom. The van der Waals surface area contributed by atoms with Crippen LogP contribution in [0.25, 0.3) is 0 Å². The molecule has 2 saturated heterocycles. The summed E-state index contributed by atoms with van der Waals surface area (Å²) in [5.41, 5.74) is 5.51. The van der Waals surface area contributed by atoms with Gasteiger partial charge in [0, 0.05) is 16.5 Å². The molecule has 2 aliphatic heterocycles. The van der Waals surface area contributed by atoms with E-state index in [9.17, 15) is 29.1 Å². The van der Waals surface area contributed by atoms with Crippen LogP contribution in [0.2, 0.25) is 5.02 Å². The maximum absolute atomic E-state index is 14.2. The number of hydrogen-bond donors (Lipinski definition) is 2. The van der Waals surface area contributed by atoms with E-state index < -0.39 is 64.7 Å². The number of allylic oxidation sites excluding steroid dienone is 2. The number of amides is 6. The molecule has 194 valence electrons. The van der Waals surface area contributed by atoms with Gasteiger partial charge >= 0.3 is 6.03 Å². The fourth-order valence-corrected chi connectivity index (χ4v) is 7.34. The number of nitrogens with zero attached hydrogens (tertiary/aromatic N) is 2. The summed E-state index contributed by atoms with van der Waals surface area (Å²) in [6.45, 7) is 1.71. The lowest BCUT2D eigenvalue weighted by molar-refractivity contribution is -0.136. The number of aromatic hydroxyl groups is 1. The molecule has 38 heavy (non-hydrogen) atoms. The van der Waals surface area contributed by atoms with Crippen molar-refractivity contribution in [2.24, 2.45) is 34.8 Å². The molecule has 0 spiro atoms. The van der Waals surface area contributed by atoms with Gasteiger partial charge in [0.05, 0.1) is 28.9 Å². The minimum Gasteiger partial charge on any atom is -0.508 e. The Bertz CT molecular complexity index is 1470. The molecule has 0 bridgehead atoms.